The smallest absolute Gasteiger partial charge is 0.407 e. The molecule has 19 heavy (non-hydrogen) atoms. The maximum Gasteiger partial charge on any atom is 0.407 e. The van der Waals surface area contributed by atoms with Crippen LogP contribution in [0.3, 0.4) is 0 Å². The molecule has 0 aliphatic rings. The molecule has 0 unspecified atom stereocenters. The van der Waals surface area contributed by atoms with Crippen LogP contribution in [-0.2, 0) is 19.1 Å². The molecule has 0 fully saturated rings. The third-order valence-corrected chi connectivity index (χ3v) is 1.67. The van der Waals surface area contributed by atoms with Crippen LogP contribution < -0.4 is 10.6 Å². The van der Waals surface area contributed by atoms with E-state index in [2.05, 4.69) is 15.4 Å². The largest absolute Gasteiger partial charge is 0.468 e. The predicted octanol–water partition coefficient (Wildman–Crippen LogP) is 0.356. The molecule has 0 rings (SSSR count). The van der Waals surface area contributed by atoms with E-state index in [4.69, 9.17) is 4.74 Å². The highest BCUT2D eigenvalue weighted by Crippen LogP contribution is 2.05. The van der Waals surface area contributed by atoms with Crippen LogP contribution in [0.25, 0.3) is 0 Å². The van der Waals surface area contributed by atoms with Gasteiger partial charge in [-0.3, -0.25) is 9.59 Å². The second kappa shape index (κ2) is 8.12. The lowest BCUT2D eigenvalue weighted by molar-refractivity contribution is -0.140. The van der Waals surface area contributed by atoms with Gasteiger partial charge in [-0.25, -0.2) is 4.79 Å². The predicted molar refractivity (Wildman–Crippen MR) is 68.4 cm³/mol. The van der Waals surface area contributed by atoms with Crippen LogP contribution in [0.15, 0.2) is 12.2 Å². The molecule has 0 bridgehead atoms. The zero-order chi connectivity index (χ0) is 14.9. The maximum atomic E-state index is 11.2. The quantitative estimate of drug-likeness (QED) is 0.556. The molecular formula is C12H20N2O5. The Bertz CT molecular complexity index is 358. The molecule has 108 valence electrons. The third kappa shape index (κ3) is 10.8. The summed E-state index contributed by atoms with van der Waals surface area (Å²) in [5.41, 5.74) is -0.564. The summed E-state index contributed by atoms with van der Waals surface area (Å²) >= 11 is 0. The minimum Gasteiger partial charge on any atom is -0.468 e. The summed E-state index contributed by atoms with van der Waals surface area (Å²) < 4.78 is 9.35. The Morgan fingerprint density at radius 3 is 2.32 bits per heavy atom. The molecule has 0 heterocycles. The van der Waals surface area contributed by atoms with Crippen LogP contribution in [0.1, 0.15) is 20.8 Å². The molecule has 2 amide bonds. The SMILES string of the molecule is COC(=O)CNC(=O)/C=C/CNC(=O)OC(C)(C)C. The number of carbonyl (C=O) groups is 3. The number of hydrogen-bond acceptors (Lipinski definition) is 5. The van der Waals surface area contributed by atoms with Gasteiger partial charge in [-0.15, -0.1) is 0 Å². The van der Waals surface area contributed by atoms with Crippen molar-refractivity contribution in [3.63, 3.8) is 0 Å². The molecule has 7 nitrogen and oxygen atoms in total. The van der Waals surface area contributed by atoms with Crippen molar-refractivity contribution in [2.45, 2.75) is 26.4 Å². The monoisotopic (exact) mass is 272 g/mol. The molecular weight excluding hydrogens is 252 g/mol. The highest BCUT2D eigenvalue weighted by molar-refractivity contribution is 5.90. The number of hydrogen-bond donors (Lipinski definition) is 2. The first kappa shape index (κ1) is 16.9. The molecule has 0 saturated carbocycles. The van der Waals surface area contributed by atoms with Crippen molar-refractivity contribution in [2.24, 2.45) is 0 Å². The topological polar surface area (TPSA) is 93.7 Å². The van der Waals surface area contributed by atoms with Crippen LogP contribution in [0.2, 0.25) is 0 Å². The third-order valence-electron chi connectivity index (χ3n) is 1.67. The highest BCUT2D eigenvalue weighted by Gasteiger charge is 2.14. The summed E-state index contributed by atoms with van der Waals surface area (Å²) in [4.78, 5) is 33.1. The Labute approximate surface area is 112 Å². The number of methoxy groups -OCH3 is 1. The van der Waals surface area contributed by atoms with E-state index < -0.39 is 23.6 Å². The van der Waals surface area contributed by atoms with Gasteiger partial charge < -0.3 is 20.1 Å². The van der Waals surface area contributed by atoms with Gasteiger partial charge in [0.25, 0.3) is 0 Å². The van der Waals surface area contributed by atoms with E-state index in [0.717, 1.165) is 0 Å². The van der Waals surface area contributed by atoms with Crippen molar-refractivity contribution in [1.29, 1.82) is 0 Å². The lowest BCUT2D eigenvalue weighted by Gasteiger charge is -2.19. The van der Waals surface area contributed by atoms with Gasteiger partial charge in [0, 0.05) is 12.6 Å². The van der Waals surface area contributed by atoms with Crippen molar-refractivity contribution in [1.82, 2.24) is 10.6 Å². The van der Waals surface area contributed by atoms with E-state index >= 15 is 0 Å². The maximum absolute atomic E-state index is 11.2. The van der Waals surface area contributed by atoms with Crippen LogP contribution in [0.5, 0.6) is 0 Å². The summed E-state index contributed by atoms with van der Waals surface area (Å²) in [6.07, 6.45) is 2.09. The highest BCUT2D eigenvalue weighted by atomic mass is 16.6. The van der Waals surface area contributed by atoms with Crippen LogP contribution in [0, 0.1) is 0 Å². The van der Waals surface area contributed by atoms with Crippen molar-refractivity contribution in [3.05, 3.63) is 12.2 Å². The summed E-state index contributed by atoms with van der Waals surface area (Å²) in [6, 6.07) is 0. The zero-order valence-electron chi connectivity index (χ0n) is 11.6. The number of ether oxygens (including phenoxy) is 2. The van der Waals surface area contributed by atoms with Gasteiger partial charge in [0.05, 0.1) is 7.11 Å². The summed E-state index contributed by atoms with van der Waals surface area (Å²) in [6.45, 7) is 5.22. The van der Waals surface area contributed by atoms with E-state index in [1.165, 1.54) is 19.3 Å². The first-order valence-corrected chi connectivity index (χ1v) is 5.72. The van der Waals surface area contributed by atoms with Crippen LogP contribution in [-0.4, -0.2) is 43.8 Å². The number of alkyl carbamates (subject to hydrolysis) is 1. The fourth-order valence-electron chi connectivity index (χ4n) is 0.913. The fourth-order valence-corrected chi connectivity index (χ4v) is 0.913. The average Bonchev–Trinajstić information content (AvgIpc) is 2.29. The standard InChI is InChI=1S/C12H20N2O5/c1-12(2,3)19-11(17)13-7-5-6-9(15)14-8-10(16)18-4/h5-6H,7-8H2,1-4H3,(H,13,17)(H,14,15)/b6-5+. The van der Waals surface area contributed by atoms with Crippen molar-refractivity contribution in [2.75, 3.05) is 20.2 Å². The number of esters is 1. The Morgan fingerprint density at radius 1 is 1.16 bits per heavy atom. The van der Waals surface area contributed by atoms with E-state index in [9.17, 15) is 14.4 Å². The molecule has 0 aromatic heterocycles. The molecule has 0 aromatic rings. The first-order chi connectivity index (χ1) is 8.74. The van der Waals surface area contributed by atoms with Crippen molar-refractivity contribution >= 4 is 18.0 Å². The normalized spacial score (nSPS) is 10.9. The molecule has 0 spiro atoms. The van der Waals surface area contributed by atoms with Gasteiger partial charge in [-0.1, -0.05) is 6.08 Å². The van der Waals surface area contributed by atoms with Gasteiger partial charge in [0.15, 0.2) is 0 Å². The molecule has 2 N–H and O–H groups in total. The lowest BCUT2D eigenvalue weighted by atomic mass is 10.2. The number of amides is 2. The van der Waals surface area contributed by atoms with E-state index in [0.29, 0.717) is 0 Å². The van der Waals surface area contributed by atoms with E-state index in [1.807, 2.05) is 0 Å². The number of nitrogens with one attached hydrogen (secondary N) is 2. The summed E-state index contributed by atoms with van der Waals surface area (Å²) in [7, 11) is 1.23. The van der Waals surface area contributed by atoms with Gasteiger partial charge >= 0.3 is 12.1 Å². The number of carbonyl (C=O) groups excluding carboxylic acids is 3. The zero-order valence-corrected chi connectivity index (χ0v) is 11.6. The number of rotatable bonds is 5. The van der Waals surface area contributed by atoms with Gasteiger partial charge in [-0.05, 0) is 20.8 Å². The summed E-state index contributed by atoms with van der Waals surface area (Å²) in [5, 5.41) is 4.77. The van der Waals surface area contributed by atoms with E-state index in [-0.39, 0.29) is 13.1 Å². The Hall–Kier alpha value is -2.05. The molecule has 0 saturated heterocycles. The minimum atomic E-state index is -0.564. The average molecular weight is 272 g/mol. The van der Waals surface area contributed by atoms with Crippen LogP contribution in [0.4, 0.5) is 4.79 Å². The summed E-state index contributed by atoms with van der Waals surface area (Å²) in [5.74, 6) is -0.981. The second-order valence-electron chi connectivity index (χ2n) is 4.58. The first-order valence-electron chi connectivity index (χ1n) is 5.72. The molecule has 0 aromatic carbocycles. The van der Waals surface area contributed by atoms with Gasteiger partial charge in [-0.2, -0.15) is 0 Å². The molecule has 0 aliphatic heterocycles. The van der Waals surface area contributed by atoms with Gasteiger partial charge in [0.1, 0.15) is 12.1 Å². The Kier molecular flexibility index (Phi) is 7.25. The fraction of sp³-hybridized carbons (Fsp3) is 0.583. The Balaban J connectivity index is 3.82. The Morgan fingerprint density at radius 2 is 1.79 bits per heavy atom. The van der Waals surface area contributed by atoms with Crippen molar-refractivity contribution in [3.8, 4) is 0 Å². The second-order valence-corrected chi connectivity index (χ2v) is 4.58. The molecule has 0 aliphatic carbocycles. The minimum absolute atomic E-state index is 0.153. The molecule has 7 heteroatoms. The van der Waals surface area contributed by atoms with Crippen LogP contribution >= 0.6 is 0 Å². The lowest BCUT2D eigenvalue weighted by Crippen LogP contribution is -2.32. The van der Waals surface area contributed by atoms with Gasteiger partial charge in [0.2, 0.25) is 5.91 Å². The molecule has 0 atom stereocenters. The van der Waals surface area contributed by atoms with Crippen molar-refractivity contribution < 1.29 is 23.9 Å². The van der Waals surface area contributed by atoms with E-state index in [1.54, 1.807) is 20.8 Å². The molecule has 0 radical (unpaired) electrons.